The Morgan fingerprint density at radius 3 is 2.26 bits per heavy atom. The number of carboxylic acid groups (broad SMARTS) is 1. The molecule has 0 aliphatic heterocycles. The summed E-state index contributed by atoms with van der Waals surface area (Å²) in [6.45, 7) is 7.59. The molecule has 0 saturated heterocycles. The summed E-state index contributed by atoms with van der Waals surface area (Å²) >= 11 is 0. The molecule has 1 aromatic carbocycles. The highest BCUT2D eigenvalue weighted by Crippen LogP contribution is 2.19. The van der Waals surface area contributed by atoms with Crippen molar-refractivity contribution in [3.8, 4) is 0 Å². The maximum Gasteiger partial charge on any atom is 0.335 e. The molecular weight excluding hydrogens is 238 g/mol. The van der Waals surface area contributed by atoms with Gasteiger partial charge in [0, 0.05) is 18.3 Å². The van der Waals surface area contributed by atoms with Crippen LogP contribution in [0.2, 0.25) is 0 Å². The second-order valence-electron chi connectivity index (χ2n) is 5.20. The minimum absolute atomic E-state index is 0.346. The van der Waals surface area contributed by atoms with Gasteiger partial charge in [0.2, 0.25) is 0 Å². The molecule has 0 aromatic heterocycles. The van der Waals surface area contributed by atoms with E-state index in [0.717, 1.165) is 12.2 Å². The highest BCUT2D eigenvalue weighted by molar-refractivity contribution is 5.88. The van der Waals surface area contributed by atoms with E-state index in [1.807, 2.05) is 12.1 Å². The Morgan fingerprint density at radius 2 is 1.79 bits per heavy atom. The van der Waals surface area contributed by atoms with Gasteiger partial charge in [0.25, 0.3) is 0 Å². The molecule has 0 spiro atoms. The molecular formula is C16H25NO2. The molecule has 1 N–H and O–H groups in total. The highest BCUT2D eigenvalue weighted by atomic mass is 16.4. The SMILES string of the molecule is CCCCCCN(c1ccc(C(=O)O)cc1)C(C)C. The number of nitrogens with zero attached hydrogens (tertiary/aromatic N) is 1. The van der Waals surface area contributed by atoms with Gasteiger partial charge in [-0.2, -0.15) is 0 Å². The largest absolute Gasteiger partial charge is 0.478 e. The number of unbranched alkanes of at least 4 members (excludes halogenated alkanes) is 3. The number of anilines is 1. The second kappa shape index (κ2) is 7.82. The Morgan fingerprint density at radius 1 is 1.16 bits per heavy atom. The lowest BCUT2D eigenvalue weighted by molar-refractivity contribution is 0.0697. The number of rotatable bonds is 8. The fraction of sp³-hybridized carbons (Fsp3) is 0.562. The third-order valence-electron chi connectivity index (χ3n) is 3.32. The molecule has 0 saturated carbocycles. The first-order valence-electron chi connectivity index (χ1n) is 7.16. The van der Waals surface area contributed by atoms with E-state index < -0.39 is 5.97 Å². The van der Waals surface area contributed by atoms with Gasteiger partial charge in [-0.3, -0.25) is 0 Å². The lowest BCUT2D eigenvalue weighted by Crippen LogP contribution is -2.31. The summed E-state index contributed by atoms with van der Waals surface area (Å²) in [4.78, 5) is 13.2. The van der Waals surface area contributed by atoms with Gasteiger partial charge in [-0.15, -0.1) is 0 Å². The topological polar surface area (TPSA) is 40.5 Å². The van der Waals surface area contributed by atoms with Crippen molar-refractivity contribution in [3.63, 3.8) is 0 Å². The first-order chi connectivity index (χ1) is 9.06. The number of benzene rings is 1. The molecule has 0 radical (unpaired) electrons. The summed E-state index contributed by atoms with van der Waals surface area (Å²) in [5.74, 6) is -0.870. The number of hydrogen-bond acceptors (Lipinski definition) is 2. The molecule has 3 heteroatoms. The van der Waals surface area contributed by atoms with Crippen molar-refractivity contribution in [2.45, 2.75) is 52.5 Å². The Balaban J connectivity index is 2.67. The van der Waals surface area contributed by atoms with E-state index in [-0.39, 0.29) is 0 Å². The minimum atomic E-state index is -0.870. The molecule has 0 amide bonds. The van der Waals surface area contributed by atoms with Gasteiger partial charge in [0.15, 0.2) is 0 Å². The van der Waals surface area contributed by atoms with Crippen molar-refractivity contribution >= 4 is 11.7 Å². The Bertz CT molecular complexity index is 384. The summed E-state index contributed by atoms with van der Waals surface area (Å²) in [5, 5.41) is 8.91. The second-order valence-corrected chi connectivity index (χ2v) is 5.20. The van der Waals surface area contributed by atoms with Crippen LogP contribution >= 0.6 is 0 Å². The van der Waals surface area contributed by atoms with E-state index in [1.54, 1.807) is 12.1 Å². The summed E-state index contributed by atoms with van der Waals surface area (Å²) in [6, 6.07) is 7.60. The van der Waals surface area contributed by atoms with Crippen LogP contribution in [0.4, 0.5) is 5.69 Å². The lowest BCUT2D eigenvalue weighted by atomic mass is 10.1. The molecule has 0 aliphatic carbocycles. The standard InChI is InChI=1S/C16H25NO2/c1-4-5-6-7-12-17(13(2)3)15-10-8-14(9-11-15)16(18)19/h8-11,13H,4-7,12H2,1-3H3,(H,18,19). The fourth-order valence-corrected chi connectivity index (χ4v) is 2.19. The molecule has 1 rings (SSSR count). The monoisotopic (exact) mass is 263 g/mol. The van der Waals surface area contributed by atoms with Crippen molar-refractivity contribution in [2.75, 3.05) is 11.4 Å². The van der Waals surface area contributed by atoms with Gasteiger partial charge in [-0.25, -0.2) is 4.79 Å². The summed E-state index contributed by atoms with van der Waals surface area (Å²) < 4.78 is 0. The maximum absolute atomic E-state index is 10.8. The van der Waals surface area contributed by atoms with Crippen LogP contribution in [0.15, 0.2) is 24.3 Å². The van der Waals surface area contributed by atoms with E-state index in [2.05, 4.69) is 25.7 Å². The van der Waals surface area contributed by atoms with E-state index in [4.69, 9.17) is 5.11 Å². The van der Waals surface area contributed by atoms with E-state index in [9.17, 15) is 4.79 Å². The molecule has 0 unspecified atom stereocenters. The van der Waals surface area contributed by atoms with Crippen LogP contribution < -0.4 is 4.90 Å². The van der Waals surface area contributed by atoms with Crippen LogP contribution in [-0.4, -0.2) is 23.7 Å². The average Bonchev–Trinajstić information content (AvgIpc) is 2.38. The zero-order valence-corrected chi connectivity index (χ0v) is 12.2. The fourth-order valence-electron chi connectivity index (χ4n) is 2.19. The molecule has 0 bridgehead atoms. The first kappa shape index (κ1) is 15.5. The van der Waals surface area contributed by atoms with Gasteiger partial charge in [0.05, 0.1) is 5.56 Å². The molecule has 0 heterocycles. The molecule has 3 nitrogen and oxygen atoms in total. The minimum Gasteiger partial charge on any atom is -0.478 e. The van der Waals surface area contributed by atoms with Crippen molar-refractivity contribution in [1.82, 2.24) is 0 Å². The van der Waals surface area contributed by atoms with Crippen LogP contribution in [0.25, 0.3) is 0 Å². The van der Waals surface area contributed by atoms with Gasteiger partial charge in [0.1, 0.15) is 0 Å². The van der Waals surface area contributed by atoms with Gasteiger partial charge >= 0.3 is 5.97 Å². The predicted molar refractivity (Wildman–Crippen MR) is 80.0 cm³/mol. The molecule has 0 aliphatic rings. The molecule has 1 aromatic rings. The normalized spacial score (nSPS) is 10.7. The van der Waals surface area contributed by atoms with E-state index in [1.165, 1.54) is 25.7 Å². The van der Waals surface area contributed by atoms with Crippen LogP contribution in [0.5, 0.6) is 0 Å². The van der Waals surface area contributed by atoms with Crippen molar-refractivity contribution in [2.24, 2.45) is 0 Å². The number of carboxylic acids is 1. The van der Waals surface area contributed by atoms with Gasteiger partial charge in [-0.05, 0) is 44.5 Å². The highest BCUT2D eigenvalue weighted by Gasteiger charge is 2.11. The lowest BCUT2D eigenvalue weighted by Gasteiger charge is -2.29. The van der Waals surface area contributed by atoms with Crippen molar-refractivity contribution in [3.05, 3.63) is 29.8 Å². The zero-order valence-electron chi connectivity index (χ0n) is 12.2. The molecule has 0 atom stereocenters. The third kappa shape index (κ3) is 4.93. The Kier molecular flexibility index (Phi) is 6.40. The summed E-state index contributed by atoms with van der Waals surface area (Å²) in [6.07, 6.45) is 4.97. The number of hydrogen-bond donors (Lipinski definition) is 1. The third-order valence-corrected chi connectivity index (χ3v) is 3.32. The van der Waals surface area contributed by atoms with Gasteiger partial charge in [-0.1, -0.05) is 26.2 Å². The van der Waals surface area contributed by atoms with Crippen LogP contribution in [-0.2, 0) is 0 Å². The predicted octanol–water partition coefficient (Wildman–Crippen LogP) is 4.18. The summed E-state index contributed by atoms with van der Waals surface area (Å²) in [5.41, 5.74) is 1.45. The number of carbonyl (C=O) groups is 1. The van der Waals surface area contributed by atoms with Crippen LogP contribution in [0, 0.1) is 0 Å². The first-order valence-corrected chi connectivity index (χ1v) is 7.16. The number of aromatic carboxylic acids is 1. The molecule has 106 valence electrons. The average molecular weight is 263 g/mol. The van der Waals surface area contributed by atoms with Crippen LogP contribution in [0.1, 0.15) is 56.8 Å². The Labute approximate surface area is 116 Å². The van der Waals surface area contributed by atoms with Crippen LogP contribution in [0.3, 0.4) is 0 Å². The van der Waals surface area contributed by atoms with Crippen molar-refractivity contribution in [1.29, 1.82) is 0 Å². The zero-order chi connectivity index (χ0) is 14.3. The maximum atomic E-state index is 10.8. The molecule has 19 heavy (non-hydrogen) atoms. The van der Waals surface area contributed by atoms with E-state index in [0.29, 0.717) is 11.6 Å². The smallest absolute Gasteiger partial charge is 0.335 e. The van der Waals surface area contributed by atoms with E-state index >= 15 is 0 Å². The Hall–Kier alpha value is -1.51. The quantitative estimate of drug-likeness (QED) is 0.715. The summed E-state index contributed by atoms with van der Waals surface area (Å²) in [7, 11) is 0. The molecule has 0 fully saturated rings. The van der Waals surface area contributed by atoms with Gasteiger partial charge < -0.3 is 10.0 Å². The van der Waals surface area contributed by atoms with Crippen molar-refractivity contribution < 1.29 is 9.90 Å².